The molecular weight excluding hydrogens is 264 g/mol. The number of carbonyl (C=O) groups is 1. The summed E-state index contributed by atoms with van der Waals surface area (Å²) in [6, 6.07) is 6.84. The number of primary amides is 1. The highest BCUT2D eigenvalue weighted by molar-refractivity contribution is 7.94. The van der Waals surface area contributed by atoms with Crippen LogP contribution in [0.5, 0.6) is 0 Å². The third-order valence-corrected chi connectivity index (χ3v) is 2.94. The molecule has 0 aliphatic rings. The van der Waals surface area contributed by atoms with Gasteiger partial charge in [0.15, 0.2) is 0 Å². The molecule has 0 aliphatic carbocycles. The first-order valence-corrected chi connectivity index (χ1v) is 7.07. The summed E-state index contributed by atoms with van der Waals surface area (Å²) in [5, 5.41) is 1.78. The Morgan fingerprint density at radius 1 is 1.21 bits per heavy atom. The lowest BCUT2D eigenvalue weighted by molar-refractivity contribution is -0.359. The minimum atomic E-state index is -0.439. The van der Waals surface area contributed by atoms with Crippen LogP contribution in [-0.2, 0) is 9.32 Å². The van der Waals surface area contributed by atoms with E-state index in [1.54, 1.807) is 29.3 Å². The number of nitrogens with zero attached hydrogens (tertiary/aromatic N) is 1. The van der Waals surface area contributed by atoms with Crippen molar-refractivity contribution in [3.8, 4) is 0 Å². The fourth-order valence-corrected chi connectivity index (χ4v) is 1.90. The van der Waals surface area contributed by atoms with Crippen molar-refractivity contribution in [1.82, 2.24) is 5.06 Å². The van der Waals surface area contributed by atoms with Crippen molar-refractivity contribution in [2.24, 2.45) is 5.73 Å². The fraction of sp³-hybridized carbons (Fsp3) is 0.462. The van der Waals surface area contributed by atoms with Crippen LogP contribution < -0.4 is 5.73 Å². The van der Waals surface area contributed by atoms with Crippen LogP contribution in [0.3, 0.4) is 0 Å². The molecule has 19 heavy (non-hydrogen) atoms. The Labute approximate surface area is 118 Å². The number of carbonyl (C=O) groups excluding carboxylic acids is 1. The maximum Gasteiger partial charge on any atom is 0.248 e. The molecule has 0 saturated heterocycles. The molecule has 1 rings (SSSR count). The van der Waals surface area contributed by atoms with Gasteiger partial charge in [-0.2, -0.15) is 5.06 Å². The average Bonchev–Trinajstić information content (AvgIpc) is 2.40. The third-order valence-electron chi connectivity index (χ3n) is 2.35. The van der Waals surface area contributed by atoms with Crippen LogP contribution in [0.1, 0.15) is 37.0 Å². The third kappa shape index (κ3) is 6.07. The monoisotopic (exact) mass is 284 g/mol. The van der Waals surface area contributed by atoms with Gasteiger partial charge < -0.3 is 5.73 Å². The lowest BCUT2D eigenvalue weighted by atomic mass is 10.2. The van der Waals surface area contributed by atoms with E-state index in [1.807, 2.05) is 0 Å². The van der Waals surface area contributed by atoms with Gasteiger partial charge in [0.05, 0.1) is 12.0 Å². The number of rotatable bonds is 9. The van der Waals surface area contributed by atoms with Crippen LogP contribution in [0.4, 0.5) is 0 Å². The minimum Gasteiger partial charge on any atom is -0.366 e. The van der Waals surface area contributed by atoms with Gasteiger partial charge in [0.1, 0.15) is 0 Å². The molecule has 0 unspecified atom stereocenters. The minimum absolute atomic E-state index is 0.439. The first kappa shape index (κ1) is 16.0. The van der Waals surface area contributed by atoms with Gasteiger partial charge in [-0.25, -0.2) is 0 Å². The van der Waals surface area contributed by atoms with Crippen molar-refractivity contribution in [1.29, 1.82) is 0 Å². The normalized spacial score (nSPS) is 10.9. The smallest absolute Gasteiger partial charge is 0.248 e. The van der Waals surface area contributed by atoms with Crippen molar-refractivity contribution in [2.45, 2.75) is 31.6 Å². The predicted molar refractivity (Wildman–Crippen MR) is 75.1 cm³/mol. The Morgan fingerprint density at radius 2 is 1.79 bits per heavy atom. The molecular formula is C13H20N2O3S. The molecule has 1 amide bonds. The van der Waals surface area contributed by atoms with Gasteiger partial charge >= 0.3 is 0 Å². The highest BCUT2D eigenvalue weighted by Gasteiger charge is 2.05. The predicted octanol–water partition coefficient (Wildman–Crippen LogP) is 2.78. The van der Waals surface area contributed by atoms with Gasteiger partial charge in [-0.1, -0.05) is 13.8 Å². The van der Waals surface area contributed by atoms with E-state index in [1.165, 1.54) is 0 Å². The molecule has 2 N–H and O–H groups in total. The van der Waals surface area contributed by atoms with Gasteiger partial charge in [0.2, 0.25) is 5.91 Å². The molecule has 0 spiro atoms. The maximum atomic E-state index is 10.9. The van der Waals surface area contributed by atoms with Crippen LogP contribution in [0.2, 0.25) is 0 Å². The summed E-state index contributed by atoms with van der Waals surface area (Å²) in [5.41, 5.74) is 5.64. The maximum absolute atomic E-state index is 10.9. The second-order valence-corrected chi connectivity index (χ2v) is 4.82. The van der Waals surface area contributed by atoms with Gasteiger partial charge in [0.25, 0.3) is 0 Å². The summed E-state index contributed by atoms with van der Waals surface area (Å²) in [6.07, 6.45) is 2.00. The molecule has 0 atom stereocenters. The van der Waals surface area contributed by atoms with E-state index in [9.17, 15) is 4.79 Å². The van der Waals surface area contributed by atoms with Crippen LogP contribution in [0, 0.1) is 0 Å². The van der Waals surface area contributed by atoms with Gasteiger partial charge in [-0.3, -0.25) is 4.79 Å². The number of amides is 1. The quantitative estimate of drug-likeness (QED) is 0.429. The Bertz CT molecular complexity index is 378. The van der Waals surface area contributed by atoms with Crippen LogP contribution in [0.25, 0.3) is 0 Å². The topological polar surface area (TPSA) is 64.8 Å². The lowest BCUT2D eigenvalue weighted by Gasteiger charge is -2.17. The number of nitrogens with two attached hydrogens (primary N) is 1. The standard InChI is InChI=1S/C13H20N2O3S/c1-3-9-15(10-4-2)17-18-19-12-7-5-11(6-8-12)13(14)16/h5-8H,3-4,9-10H2,1-2H3,(H2,14,16). The van der Waals surface area contributed by atoms with Crippen molar-refractivity contribution in [3.05, 3.63) is 29.8 Å². The van der Waals surface area contributed by atoms with Crippen LogP contribution >= 0.6 is 12.0 Å². The zero-order valence-corrected chi connectivity index (χ0v) is 12.1. The van der Waals surface area contributed by atoms with Crippen molar-refractivity contribution >= 4 is 17.9 Å². The fourth-order valence-electron chi connectivity index (χ4n) is 1.46. The highest BCUT2D eigenvalue weighted by Crippen LogP contribution is 2.20. The van der Waals surface area contributed by atoms with Gasteiger partial charge in [-0.15, -0.1) is 9.32 Å². The van der Waals surface area contributed by atoms with Crippen LogP contribution in [0.15, 0.2) is 29.2 Å². The van der Waals surface area contributed by atoms with E-state index in [2.05, 4.69) is 13.8 Å². The Kier molecular flexibility index (Phi) is 7.50. The summed E-state index contributed by atoms with van der Waals surface area (Å²) in [7, 11) is 0. The highest BCUT2D eigenvalue weighted by atomic mass is 32.2. The van der Waals surface area contributed by atoms with E-state index in [-0.39, 0.29) is 0 Å². The van der Waals surface area contributed by atoms with E-state index in [4.69, 9.17) is 15.1 Å². The first-order chi connectivity index (χ1) is 9.17. The molecule has 0 aliphatic heterocycles. The molecule has 5 nitrogen and oxygen atoms in total. The Morgan fingerprint density at radius 3 is 2.26 bits per heavy atom. The van der Waals surface area contributed by atoms with Gasteiger partial charge in [0, 0.05) is 23.5 Å². The molecule has 0 fully saturated rings. The first-order valence-electron chi connectivity index (χ1n) is 6.33. The second-order valence-electron chi connectivity index (χ2n) is 4.04. The molecule has 1 aromatic carbocycles. The molecule has 106 valence electrons. The zero-order valence-electron chi connectivity index (χ0n) is 11.3. The van der Waals surface area contributed by atoms with E-state index >= 15 is 0 Å². The van der Waals surface area contributed by atoms with Crippen molar-refractivity contribution in [2.75, 3.05) is 13.1 Å². The number of hydroxylamine groups is 2. The summed E-state index contributed by atoms with van der Waals surface area (Å²) >= 11 is 1.10. The summed E-state index contributed by atoms with van der Waals surface area (Å²) in [6.45, 7) is 5.83. The molecule has 1 aromatic rings. The van der Waals surface area contributed by atoms with Crippen LogP contribution in [-0.4, -0.2) is 24.1 Å². The second kappa shape index (κ2) is 8.92. The SMILES string of the molecule is CCCN(CCC)OOSc1ccc(C(N)=O)cc1. The molecule has 0 heterocycles. The molecule has 0 radical (unpaired) electrons. The van der Waals surface area contributed by atoms with E-state index in [0.29, 0.717) is 5.56 Å². The number of hydrogen-bond acceptors (Lipinski definition) is 5. The van der Waals surface area contributed by atoms with E-state index in [0.717, 1.165) is 42.9 Å². The van der Waals surface area contributed by atoms with E-state index < -0.39 is 5.91 Å². The Hall–Kier alpha value is -1.08. The Balaban J connectivity index is 2.37. The summed E-state index contributed by atoms with van der Waals surface area (Å²) < 4.78 is 5.11. The zero-order chi connectivity index (χ0) is 14.1. The molecule has 0 aromatic heterocycles. The average molecular weight is 284 g/mol. The number of benzene rings is 1. The molecule has 6 heteroatoms. The largest absolute Gasteiger partial charge is 0.366 e. The summed E-state index contributed by atoms with van der Waals surface area (Å²) in [4.78, 5) is 17.0. The van der Waals surface area contributed by atoms with Gasteiger partial charge in [-0.05, 0) is 37.1 Å². The molecule has 0 bridgehead atoms. The summed E-state index contributed by atoms with van der Waals surface area (Å²) in [5.74, 6) is -0.439. The van der Waals surface area contributed by atoms with Crippen molar-refractivity contribution < 1.29 is 14.1 Å². The number of hydrogen-bond donors (Lipinski definition) is 1. The van der Waals surface area contributed by atoms with Crippen molar-refractivity contribution in [3.63, 3.8) is 0 Å². The lowest BCUT2D eigenvalue weighted by Crippen LogP contribution is -2.24. The molecule has 0 saturated carbocycles.